The third kappa shape index (κ3) is 7.41. The molecule has 0 atom stereocenters. The first kappa shape index (κ1) is 21.4. The molecule has 142 valence electrons. The van der Waals surface area contributed by atoms with Crippen LogP contribution in [0.15, 0.2) is 24.3 Å². The molecule has 0 aliphatic heterocycles. The fourth-order valence-corrected chi connectivity index (χ4v) is 2.50. The molecule has 8 heteroatoms. The number of hydrogen-bond donors (Lipinski definition) is 0. The molecule has 0 N–H and O–H groups in total. The molecule has 0 radical (unpaired) electrons. The van der Waals surface area contributed by atoms with Crippen molar-refractivity contribution >= 4 is 16.0 Å². The zero-order valence-electron chi connectivity index (χ0n) is 15.6. The van der Waals surface area contributed by atoms with E-state index in [1.54, 1.807) is 43.0 Å². The molecule has 1 aromatic carbocycles. The molecule has 0 fully saturated rings. The van der Waals surface area contributed by atoms with Crippen LogP contribution in [0.3, 0.4) is 0 Å². The molecule has 0 spiro atoms. The maximum atomic E-state index is 12.2. The summed E-state index contributed by atoms with van der Waals surface area (Å²) in [6.45, 7) is 4.90. The normalized spacial score (nSPS) is 11.8. The molecule has 0 bridgehead atoms. The van der Waals surface area contributed by atoms with E-state index in [4.69, 9.17) is 8.92 Å². The number of benzene rings is 1. The zero-order chi connectivity index (χ0) is 19.0. The Morgan fingerprint density at radius 3 is 2.20 bits per heavy atom. The average Bonchev–Trinajstić information content (AvgIpc) is 2.52. The summed E-state index contributed by atoms with van der Waals surface area (Å²) in [6, 6.07) is 6.71. The van der Waals surface area contributed by atoms with Crippen molar-refractivity contribution in [2.75, 3.05) is 40.9 Å². The fraction of sp³-hybridized carbons (Fsp3) is 0.588. The number of ether oxygens (including phenoxy) is 1. The zero-order valence-corrected chi connectivity index (χ0v) is 16.4. The summed E-state index contributed by atoms with van der Waals surface area (Å²) >= 11 is 0. The second-order valence-electron chi connectivity index (χ2n) is 6.32. The molecule has 0 aliphatic carbocycles. The smallest absolute Gasteiger partial charge is 0.311 e. The third-order valence-electron chi connectivity index (χ3n) is 3.52. The maximum Gasteiger partial charge on any atom is 0.311 e. The highest BCUT2D eigenvalue weighted by Crippen LogP contribution is 2.17. The van der Waals surface area contributed by atoms with Crippen molar-refractivity contribution in [1.29, 1.82) is 0 Å². The molecule has 0 aromatic heterocycles. The van der Waals surface area contributed by atoms with E-state index in [2.05, 4.69) is 0 Å². The summed E-state index contributed by atoms with van der Waals surface area (Å²) < 4.78 is 33.5. The molecule has 1 rings (SSSR count). The highest BCUT2D eigenvalue weighted by molar-refractivity contribution is 7.87. The SMILES string of the molecule is COCC(=O)N(CCN(C)C)Cc1ccc(OS(=O)(=O)C(C)C)cc1. The van der Waals surface area contributed by atoms with Crippen LogP contribution in [-0.4, -0.2) is 70.3 Å². The van der Waals surface area contributed by atoms with Crippen molar-refractivity contribution in [3.63, 3.8) is 0 Å². The molecule has 0 aliphatic rings. The van der Waals surface area contributed by atoms with Crippen molar-refractivity contribution in [3.8, 4) is 5.75 Å². The molecule has 0 unspecified atom stereocenters. The number of amides is 1. The van der Waals surface area contributed by atoms with E-state index < -0.39 is 15.4 Å². The van der Waals surface area contributed by atoms with Crippen molar-refractivity contribution in [2.24, 2.45) is 0 Å². The summed E-state index contributed by atoms with van der Waals surface area (Å²) in [5.41, 5.74) is 0.887. The lowest BCUT2D eigenvalue weighted by Crippen LogP contribution is -2.38. The Kier molecular flexibility index (Phi) is 8.34. The van der Waals surface area contributed by atoms with E-state index in [1.807, 2.05) is 19.0 Å². The van der Waals surface area contributed by atoms with Gasteiger partial charge in [-0.15, -0.1) is 0 Å². The van der Waals surface area contributed by atoms with Gasteiger partial charge in [0.15, 0.2) is 0 Å². The lowest BCUT2D eigenvalue weighted by molar-refractivity contribution is -0.135. The predicted molar refractivity (Wildman–Crippen MR) is 97.0 cm³/mol. The summed E-state index contributed by atoms with van der Waals surface area (Å²) in [5.74, 6) is 0.174. The van der Waals surface area contributed by atoms with E-state index in [-0.39, 0.29) is 18.3 Å². The summed E-state index contributed by atoms with van der Waals surface area (Å²) in [7, 11) is 1.77. The molecule has 0 saturated heterocycles. The average molecular weight is 372 g/mol. The molecule has 25 heavy (non-hydrogen) atoms. The van der Waals surface area contributed by atoms with Crippen LogP contribution in [0, 0.1) is 0 Å². The maximum absolute atomic E-state index is 12.2. The van der Waals surface area contributed by atoms with Crippen LogP contribution in [-0.2, 0) is 26.2 Å². The standard InChI is InChI=1S/C17H28N2O5S/c1-14(2)25(21,22)24-16-8-6-15(7-9-16)12-19(11-10-18(3)4)17(20)13-23-5/h6-9,14H,10-13H2,1-5H3. The van der Waals surface area contributed by atoms with Crippen LogP contribution in [0.4, 0.5) is 0 Å². The quantitative estimate of drug-likeness (QED) is 0.577. The Labute approximate surface area is 150 Å². The number of likely N-dealkylation sites (N-methyl/N-ethyl adjacent to an activating group) is 1. The third-order valence-corrected chi connectivity index (χ3v) is 5.10. The van der Waals surface area contributed by atoms with Gasteiger partial charge in [0.2, 0.25) is 5.91 Å². The minimum absolute atomic E-state index is 0.0290. The topological polar surface area (TPSA) is 76.2 Å². The summed E-state index contributed by atoms with van der Waals surface area (Å²) in [5, 5.41) is -0.611. The van der Waals surface area contributed by atoms with Gasteiger partial charge in [0.05, 0.1) is 5.25 Å². The van der Waals surface area contributed by atoms with Gasteiger partial charge in [-0.1, -0.05) is 12.1 Å². The largest absolute Gasteiger partial charge is 0.382 e. The number of hydrogen-bond acceptors (Lipinski definition) is 6. The Hall–Kier alpha value is -1.64. The van der Waals surface area contributed by atoms with Gasteiger partial charge in [-0.05, 0) is 45.6 Å². The van der Waals surface area contributed by atoms with Crippen molar-refractivity contribution in [1.82, 2.24) is 9.80 Å². The van der Waals surface area contributed by atoms with Gasteiger partial charge < -0.3 is 18.7 Å². The lowest BCUT2D eigenvalue weighted by atomic mass is 10.2. The molecular weight excluding hydrogens is 344 g/mol. The molecule has 1 amide bonds. The van der Waals surface area contributed by atoms with Gasteiger partial charge in [-0.2, -0.15) is 8.42 Å². The van der Waals surface area contributed by atoms with Gasteiger partial charge in [-0.25, -0.2) is 0 Å². The van der Waals surface area contributed by atoms with Gasteiger partial charge in [0, 0.05) is 26.7 Å². The molecular formula is C17H28N2O5S. The van der Waals surface area contributed by atoms with Crippen LogP contribution in [0.2, 0.25) is 0 Å². The summed E-state index contributed by atoms with van der Waals surface area (Å²) in [6.07, 6.45) is 0. The second kappa shape index (κ2) is 9.74. The van der Waals surface area contributed by atoms with E-state index in [9.17, 15) is 13.2 Å². The van der Waals surface area contributed by atoms with Gasteiger partial charge in [0.25, 0.3) is 0 Å². The highest BCUT2D eigenvalue weighted by Gasteiger charge is 2.18. The van der Waals surface area contributed by atoms with Crippen molar-refractivity contribution in [2.45, 2.75) is 25.6 Å². The van der Waals surface area contributed by atoms with Gasteiger partial charge >= 0.3 is 10.1 Å². The van der Waals surface area contributed by atoms with E-state index in [0.29, 0.717) is 13.1 Å². The van der Waals surface area contributed by atoms with E-state index in [0.717, 1.165) is 12.1 Å². The monoisotopic (exact) mass is 372 g/mol. The summed E-state index contributed by atoms with van der Waals surface area (Å²) in [4.78, 5) is 15.9. The van der Waals surface area contributed by atoms with Gasteiger partial charge in [-0.3, -0.25) is 4.79 Å². The first-order chi connectivity index (χ1) is 11.7. The lowest BCUT2D eigenvalue weighted by Gasteiger charge is -2.24. The van der Waals surface area contributed by atoms with E-state index >= 15 is 0 Å². The number of carbonyl (C=O) groups is 1. The Balaban J connectivity index is 2.79. The van der Waals surface area contributed by atoms with Gasteiger partial charge in [0.1, 0.15) is 12.4 Å². The molecule has 7 nitrogen and oxygen atoms in total. The Morgan fingerprint density at radius 1 is 1.12 bits per heavy atom. The van der Waals surface area contributed by atoms with Crippen molar-refractivity contribution in [3.05, 3.63) is 29.8 Å². The van der Waals surface area contributed by atoms with Crippen LogP contribution < -0.4 is 4.18 Å². The van der Waals surface area contributed by atoms with Crippen LogP contribution >= 0.6 is 0 Å². The van der Waals surface area contributed by atoms with Crippen molar-refractivity contribution < 1.29 is 22.1 Å². The number of carbonyl (C=O) groups excluding carboxylic acids is 1. The number of nitrogens with zero attached hydrogens (tertiary/aromatic N) is 2. The molecule has 0 saturated carbocycles. The number of methoxy groups -OCH3 is 1. The highest BCUT2D eigenvalue weighted by atomic mass is 32.2. The number of rotatable bonds is 10. The van der Waals surface area contributed by atoms with Crippen LogP contribution in [0.1, 0.15) is 19.4 Å². The fourth-order valence-electron chi connectivity index (χ4n) is 1.93. The second-order valence-corrected chi connectivity index (χ2v) is 8.42. The Morgan fingerprint density at radius 2 is 1.72 bits per heavy atom. The van der Waals surface area contributed by atoms with Crippen LogP contribution in [0.5, 0.6) is 5.75 Å². The minimum atomic E-state index is -3.61. The first-order valence-electron chi connectivity index (χ1n) is 8.09. The Bertz CT molecular complexity index is 642. The molecule has 0 heterocycles. The van der Waals surface area contributed by atoms with Crippen LogP contribution in [0.25, 0.3) is 0 Å². The predicted octanol–water partition coefficient (Wildman–Crippen LogP) is 1.34. The molecule has 1 aromatic rings. The first-order valence-corrected chi connectivity index (χ1v) is 9.56. The van der Waals surface area contributed by atoms with E-state index in [1.165, 1.54) is 7.11 Å². The minimum Gasteiger partial charge on any atom is -0.382 e.